The molecule has 86 valence electrons. The highest BCUT2D eigenvalue weighted by atomic mass is 16.1. The van der Waals surface area contributed by atoms with E-state index in [1.54, 1.807) is 0 Å². The number of rotatable bonds is 3. The van der Waals surface area contributed by atoms with Gasteiger partial charge in [-0.15, -0.1) is 0 Å². The zero-order chi connectivity index (χ0) is 10.7. The van der Waals surface area contributed by atoms with Crippen molar-refractivity contribution in [1.82, 2.24) is 10.6 Å². The van der Waals surface area contributed by atoms with Gasteiger partial charge in [0.25, 0.3) is 0 Å². The van der Waals surface area contributed by atoms with Crippen molar-refractivity contribution < 1.29 is 4.79 Å². The first kappa shape index (κ1) is 10.9. The highest BCUT2D eigenvalue weighted by Crippen LogP contribution is 2.31. The molecule has 3 nitrogen and oxygen atoms in total. The van der Waals surface area contributed by atoms with Crippen molar-refractivity contribution in [3.05, 3.63) is 0 Å². The summed E-state index contributed by atoms with van der Waals surface area (Å²) >= 11 is 0. The van der Waals surface area contributed by atoms with Crippen LogP contribution in [0.25, 0.3) is 0 Å². The number of carbonyl (C=O) groups excluding carboxylic acids is 1. The second-order valence-corrected chi connectivity index (χ2v) is 5.38. The Morgan fingerprint density at radius 1 is 1.47 bits per heavy atom. The van der Waals surface area contributed by atoms with Gasteiger partial charge in [0.05, 0.1) is 0 Å². The molecular weight excluding hydrogens is 188 g/mol. The van der Waals surface area contributed by atoms with Crippen LogP contribution in [0, 0.1) is 5.92 Å². The summed E-state index contributed by atoms with van der Waals surface area (Å²) in [4.78, 5) is 11.8. The third-order valence-corrected chi connectivity index (χ3v) is 3.77. The number of carbonyl (C=O) groups is 1. The summed E-state index contributed by atoms with van der Waals surface area (Å²) in [6.45, 7) is 4.30. The fraction of sp³-hybridized carbons (Fsp3) is 0.917. The first-order valence-corrected chi connectivity index (χ1v) is 6.20. The highest BCUT2D eigenvalue weighted by Gasteiger charge is 2.33. The monoisotopic (exact) mass is 210 g/mol. The number of nitrogens with one attached hydrogen (secondary N) is 2. The second kappa shape index (κ2) is 4.52. The smallest absolute Gasteiger partial charge is 0.220 e. The van der Waals surface area contributed by atoms with Gasteiger partial charge in [-0.25, -0.2) is 0 Å². The molecule has 0 aromatic carbocycles. The third kappa shape index (κ3) is 2.94. The number of amides is 1. The molecule has 0 aromatic rings. The van der Waals surface area contributed by atoms with Crippen molar-refractivity contribution in [3.63, 3.8) is 0 Å². The van der Waals surface area contributed by atoms with E-state index in [1.165, 1.54) is 19.3 Å². The predicted octanol–water partition coefficient (Wildman–Crippen LogP) is 1.43. The Kier molecular flexibility index (Phi) is 3.29. The molecule has 0 radical (unpaired) electrons. The summed E-state index contributed by atoms with van der Waals surface area (Å²) in [6.07, 6.45) is 6.71. The molecule has 1 saturated heterocycles. The molecule has 0 spiro atoms. The number of hydrogen-bond donors (Lipinski definition) is 2. The van der Waals surface area contributed by atoms with Crippen LogP contribution in [0.5, 0.6) is 0 Å². The second-order valence-electron chi connectivity index (χ2n) is 5.38. The zero-order valence-corrected chi connectivity index (χ0v) is 9.64. The van der Waals surface area contributed by atoms with Gasteiger partial charge in [0.1, 0.15) is 0 Å². The minimum Gasteiger partial charge on any atom is -0.351 e. The molecule has 1 unspecified atom stereocenters. The van der Waals surface area contributed by atoms with E-state index >= 15 is 0 Å². The maximum absolute atomic E-state index is 11.8. The van der Waals surface area contributed by atoms with E-state index in [1.807, 2.05) is 0 Å². The molecule has 0 aromatic heterocycles. The van der Waals surface area contributed by atoms with Crippen LogP contribution in [0.3, 0.4) is 0 Å². The van der Waals surface area contributed by atoms with Crippen molar-refractivity contribution in [2.75, 3.05) is 13.1 Å². The van der Waals surface area contributed by atoms with Crippen LogP contribution in [-0.4, -0.2) is 24.5 Å². The van der Waals surface area contributed by atoms with Gasteiger partial charge in [-0.3, -0.25) is 4.79 Å². The molecule has 1 heterocycles. The lowest BCUT2D eigenvalue weighted by Crippen LogP contribution is -2.51. The molecule has 2 fully saturated rings. The van der Waals surface area contributed by atoms with E-state index in [0.29, 0.717) is 12.3 Å². The van der Waals surface area contributed by atoms with Crippen LogP contribution >= 0.6 is 0 Å². The number of hydrogen-bond acceptors (Lipinski definition) is 2. The first-order valence-electron chi connectivity index (χ1n) is 6.20. The summed E-state index contributed by atoms with van der Waals surface area (Å²) in [5.74, 6) is 0.813. The molecule has 2 rings (SSSR count). The molecule has 15 heavy (non-hydrogen) atoms. The van der Waals surface area contributed by atoms with E-state index in [0.717, 1.165) is 25.9 Å². The Morgan fingerprint density at radius 2 is 2.27 bits per heavy atom. The standard InChI is InChI=1S/C12H22N2O/c1-12(5-3-6-12)14-11(15)8-10-4-2-7-13-9-10/h10,13H,2-9H2,1H3,(H,14,15). The van der Waals surface area contributed by atoms with Gasteiger partial charge in [-0.2, -0.15) is 0 Å². The van der Waals surface area contributed by atoms with E-state index in [9.17, 15) is 4.79 Å². The van der Waals surface area contributed by atoms with Gasteiger partial charge in [0.15, 0.2) is 0 Å². The fourth-order valence-electron chi connectivity index (χ4n) is 2.58. The van der Waals surface area contributed by atoms with Crippen molar-refractivity contribution in [2.24, 2.45) is 5.92 Å². The van der Waals surface area contributed by atoms with Gasteiger partial charge in [0.2, 0.25) is 5.91 Å². The summed E-state index contributed by atoms with van der Waals surface area (Å²) < 4.78 is 0. The van der Waals surface area contributed by atoms with E-state index in [2.05, 4.69) is 17.6 Å². The van der Waals surface area contributed by atoms with E-state index in [4.69, 9.17) is 0 Å². The van der Waals surface area contributed by atoms with Crippen LogP contribution in [0.1, 0.15) is 45.4 Å². The van der Waals surface area contributed by atoms with Crippen LogP contribution in [0.15, 0.2) is 0 Å². The molecule has 1 aliphatic heterocycles. The fourth-order valence-corrected chi connectivity index (χ4v) is 2.58. The lowest BCUT2D eigenvalue weighted by molar-refractivity contribution is -0.124. The van der Waals surface area contributed by atoms with Crippen molar-refractivity contribution >= 4 is 5.91 Å². The average molecular weight is 210 g/mol. The first-order chi connectivity index (χ1) is 7.18. The topological polar surface area (TPSA) is 41.1 Å². The normalized spacial score (nSPS) is 29.3. The Morgan fingerprint density at radius 3 is 2.80 bits per heavy atom. The Hall–Kier alpha value is -0.570. The lowest BCUT2D eigenvalue weighted by Gasteiger charge is -2.39. The minimum absolute atomic E-state index is 0.124. The molecule has 0 bridgehead atoms. The molecule has 1 aliphatic carbocycles. The van der Waals surface area contributed by atoms with Gasteiger partial charge < -0.3 is 10.6 Å². The summed E-state index contributed by atoms with van der Waals surface area (Å²) in [5.41, 5.74) is 0.124. The number of piperidine rings is 1. The van der Waals surface area contributed by atoms with Gasteiger partial charge >= 0.3 is 0 Å². The third-order valence-electron chi connectivity index (χ3n) is 3.77. The van der Waals surface area contributed by atoms with Crippen LogP contribution in [-0.2, 0) is 4.79 Å². The molecular formula is C12H22N2O. The molecule has 2 aliphatic rings. The SMILES string of the molecule is CC1(NC(=O)CC2CCCNC2)CCC1. The highest BCUT2D eigenvalue weighted by molar-refractivity contribution is 5.77. The summed E-state index contributed by atoms with van der Waals surface area (Å²) in [5, 5.41) is 6.52. The van der Waals surface area contributed by atoms with Crippen molar-refractivity contribution in [3.8, 4) is 0 Å². The summed E-state index contributed by atoms with van der Waals surface area (Å²) in [6, 6.07) is 0. The maximum Gasteiger partial charge on any atom is 0.220 e. The Bertz CT molecular complexity index is 230. The largest absolute Gasteiger partial charge is 0.351 e. The van der Waals surface area contributed by atoms with Crippen LogP contribution in [0.2, 0.25) is 0 Å². The molecule has 1 atom stereocenters. The predicted molar refractivity (Wildman–Crippen MR) is 60.6 cm³/mol. The van der Waals surface area contributed by atoms with Crippen LogP contribution < -0.4 is 10.6 Å². The average Bonchev–Trinajstić information content (AvgIpc) is 2.16. The van der Waals surface area contributed by atoms with E-state index in [-0.39, 0.29) is 11.4 Å². The van der Waals surface area contributed by atoms with Gasteiger partial charge in [-0.1, -0.05) is 0 Å². The van der Waals surface area contributed by atoms with E-state index < -0.39 is 0 Å². The van der Waals surface area contributed by atoms with Crippen molar-refractivity contribution in [2.45, 2.75) is 51.0 Å². The van der Waals surface area contributed by atoms with Gasteiger partial charge in [0, 0.05) is 12.0 Å². The molecule has 2 N–H and O–H groups in total. The zero-order valence-electron chi connectivity index (χ0n) is 9.64. The Balaban J connectivity index is 1.71. The van der Waals surface area contributed by atoms with Gasteiger partial charge in [-0.05, 0) is 58.0 Å². The molecule has 1 saturated carbocycles. The lowest BCUT2D eigenvalue weighted by atomic mass is 9.78. The quantitative estimate of drug-likeness (QED) is 0.740. The van der Waals surface area contributed by atoms with Crippen LogP contribution in [0.4, 0.5) is 0 Å². The van der Waals surface area contributed by atoms with Crippen molar-refractivity contribution in [1.29, 1.82) is 0 Å². The summed E-state index contributed by atoms with van der Waals surface area (Å²) in [7, 11) is 0. The Labute approximate surface area is 92.0 Å². The minimum atomic E-state index is 0.124. The molecule has 3 heteroatoms. The maximum atomic E-state index is 11.8. The molecule has 1 amide bonds.